The first-order valence-corrected chi connectivity index (χ1v) is 8.43. The summed E-state index contributed by atoms with van der Waals surface area (Å²) in [5, 5.41) is 10.2. The van der Waals surface area contributed by atoms with Gasteiger partial charge in [0.1, 0.15) is 5.60 Å². The van der Waals surface area contributed by atoms with Gasteiger partial charge in [-0.1, -0.05) is 0 Å². The Balaban J connectivity index is 1.53. The Hall–Kier alpha value is -3.62. The van der Waals surface area contributed by atoms with Crippen LogP contribution in [-0.4, -0.2) is 27.9 Å². The summed E-state index contributed by atoms with van der Waals surface area (Å²) in [5.74, 6) is 0.205. The summed E-state index contributed by atoms with van der Waals surface area (Å²) in [6.07, 6.45) is 0.909. The van der Waals surface area contributed by atoms with Gasteiger partial charge in [0.05, 0.1) is 11.8 Å². The van der Waals surface area contributed by atoms with Gasteiger partial charge in [-0.2, -0.15) is 0 Å². The molecule has 2 aromatic heterocycles. The highest BCUT2D eigenvalue weighted by Crippen LogP contribution is 2.18. The quantitative estimate of drug-likeness (QED) is 0.654. The second kappa shape index (κ2) is 7.95. The van der Waals surface area contributed by atoms with Crippen molar-refractivity contribution >= 4 is 17.7 Å². The van der Waals surface area contributed by atoms with Crippen LogP contribution in [0.25, 0.3) is 11.7 Å². The van der Waals surface area contributed by atoms with E-state index >= 15 is 0 Å². The minimum Gasteiger partial charge on any atom is -0.459 e. The van der Waals surface area contributed by atoms with E-state index < -0.39 is 17.7 Å². The maximum atomic E-state index is 12.1. The third-order valence-electron chi connectivity index (χ3n) is 3.29. The minimum absolute atomic E-state index is 0.142. The van der Waals surface area contributed by atoms with Crippen molar-refractivity contribution in [2.24, 2.45) is 0 Å². The average Bonchev–Trinajstić information content (AvgIpc) is 3.30. The van der Waals surface area contributed by atoms with E-state index in [4.69, 9.17) is 18.3 Å². The summed E-state index contributed by atoms with van der Waals surface area (Å²) in [4.78, 5) is 23.9. The number of ether oxygens (including phenoxy) is 2. The minimum atomic E-state index is -0.598. The zero-order valence-corrected chi connectivity index (χ0v) is 15.6. The van der Waals surface area contributed by atoms with Gasteiger partial charge < -0.3 is 18.3 Å². The van der Waals surface area contributed by atoms with Crippen LogP contribution in [0.1, 0.15) is 37.0 Å². The van der Waals surface area contributed by atoms with E-state index in [0.29, 0.717) is 17.0 Å². The van der Waals surface area contributed by atoms with Crippen molar-refractivity contribution in [3.8, 4) is 11.7 Å². The number of amides is 1. The van der Waals surface area contributed by atoms with Crippen molar-refractivity contribution in [3.63, 3.8) is 0 Å². The number of aromatic nitrogens is 2. The number of rotatable bonds is 5. The van der Waals surface area contributed by atoms with Gasteiger partial charge in [-0.15, -0.1) is 10.2 Å². The third-order valence-corrected chi connectivity index (χ3v) is 3.29. The first kappa shape index (κ1) is 19.2. The second-order valence-electron chi connectivity index (χ2n) is 6.76. The molecule has 0 aliphatic heterocycles. The molecule has 0 aliphatic carbocycles. The number of nitrogens with one attached hydrogen (secondary N) is 1. The number of anilines is 1. The predicted octanol–water partition coefficient (Wildman–Crippen LogP) is 4.03. The van der Waals surface area contributed by atoms with E-state index in [0.717, 1.165) is 0 Å². The van der Waals surface area contributed by atoms with Crippen LogP contribution in [0.15, 0.2) is 51.5 Å². The summed E-state index contributed by atoms with van der Waals surface area (Å²) in [5.41, 5.74) is 0.200. The van der Waals surface area contributed by atoms with Gasteiger partial charge in [0.2, 0.25) is 0 Å². The fraction of sp³-hybridized carbons (Fsp3) is 0.263. The smallest absolute Gasteiger partial charge is 0.412 e. The predicted molar refractivity (Wildman–Crippen MR) is 97.4 cm³/mol. The van der Waals surface area contributed by atoms with Crippen molar-refractivity contribution in [1.82, 2.24) is 10.2 Å². The number of hydrogen-bond donors (Lipinski definition) is 1. The summed E-state index contributed by atoms with van der Waals surface area (Å²) < 4.78 is 20.8. The highest BCUT2D eigenvalue weighted by molar-refractivity contribution is 5.91. The molecule has 0 bridgehead atoms. The van der Waals surface area contributed by atoms with Crippen LogP contribution >= 0.6 is 0 Å². The molecule has 9 nitrogen and oxygen atoms in total. The number of hydrogen-bond acceptors (Lipinski definition) is 8. The monoisotopic (exact) mass is 385 g/mol. The van der Waals surface area contributed by atoms with Crippen molar-refractivity contribution in [3.05, 3.63) is 54.1 Å². The summed E-state index contributed by atoms with van der Waals surface area (Å²) in [7, 11) is 0. The van der Waals surface area contributed by atoms with Gasteiger partial charge in [0.25, 0.3) is 11.8 Å². The Labute approximate surface area is 160 Å². The molecule has 0 saturated carbocycles. The number of benzene rings is 1. The molecule has 1 N–H and O–H groups in total. The standard InChI is InChI=1S/C19H19N3O6/c1-19(2,3)28-18(24)20-13-8-6-12(7-9-13)17(23)26-11-15-21-22-16(27-15)14-5-4-10-25-14/h4-10H,11H2,1-3H3,(H,20,24). The lowest BCUT2D eigenvalue weighted by Crippen LogP contribution is -2.27. The molecule has 3 aromatic rings. The number of carbonyl (C=O) groups excluding carboxylic acids is 2. The number of esters is 1. The van der Waals surface area contributed by atoms with Gasteiger partial charge >= 0.3 is 12.1 Å². The zero-order chi connectivity index (χ0) is 20.1. The molecule has 0 unspecified atom stereocenters. The lowest BCUT2D eigenvalue weighted by molar-refractivity contribution is 0.0438. The van der Waals surface area contributed by atoms with E-state index in [1.54, 1.807) is 45.0 Å². The molecule has 0 atom stereocenters. The van der Waals surface area contributed by atoms with E-state index in [9.17, 15) is 9.59 Å². The highest BCUT2D eigenvalue weighted by Gasteiger charge is 2.17. The van der Waals surface area contributed by atoms with E-state index in [-0.39, 0.29) is 18.4 Å². The average molecular weight is 385 g/mol. The summed E-state index contributed by atoms with van der Waals surface area (Å²) in [6, 6.07) is 9.56. The molecule has 1 amide bonds. The van der Waals surface area contributed by atoms with Crippen LogP contribution in [-0.2, 0) is 16.1 Å². The maximum Gasteiger partial charge on any atom is 0.412 e. The molecular formula is C19H19N3O6. The van der Waals surface area contributed by atoms with Crippen LogP contribution in [0.3, 0.4) is 0 Å². The number of furan rings is 1. The first-order chi connectivity index (χ1) is 13.3. The number of carbonyl (C=O) groups is 2. The molecule has 146 valence electrons. The fourth-order valence-corrected chi connectivity index (χ4v) is 2.13. The van der Waals surface area contributed by atoms with Crippen LogP contribution in [0, 0.1) is 0 Å². The lowest BCUT2D eigenvalue weighted by Gasteiger charge is -2.19. The Morgan fingerprint density at radius 2 is 1.86 bits per heavy atom. The molecule has 28 heavy (non-hydrogen) atoms. The Morgan fingerprint density at radius 3 is 2.50 bits per heavy atom. The molecule has 2 heterocycles. The van der Waals surface area contributed by atoms with Gasteiger partial charge in [-0.3, -0.25) is 5.32 Å². The normalized spacial score (nSPS) is 11.1. The first-order valence-electron chi connectivity index (χ1n) is 8.43. The van der Waals surface area contributed by atoms with Crippen molar-refractivity contribution in [1.29, 1.82) is 0 Å². The van der Waals surface area contributed by atoms with E-state index in [2.05, 4.69) is 15.5 Å². The second-order valence-corrected chi connectivity index (χ2v) is 6.76. The van der Waals surface area contributed by atoms with Crippen LogP contribution in [0.5, 0.6) is 0 Å². The molecule has 1 aromatic carbocycles. The van der Waals surface area contributed by atoms with Gasteiger partial charge in [-0.25, -0.2) is 9.59 Å². The Morgan fingerprint density at radius 1 is 1.11 bits per heavy atom. The maximum absolute atomic E-state index is 12.1. The molecule has 3 rings (SSSR count). The van der Waals surface area contributed by atoms with Crippen LogP contribution < -0.4 is 5.32 Å². The highest BCUT2D eigenvalue weighted by atomic mass is 16.6. The molecular weight excluding hydrogens is 366 g/mol. The third kappa shape index (κ3) is 5.19. The molecule has 9 heteroatoms. The summed E-state index contributed by atoms with van der Waals surface area (Å²) >= 11 is 0. The topological polar surface area (TPSA) is 117 Å². The van der Waals surface area contributed by atoms with E-state index in [1.165, 1.54) is 18.4 Å². The Kier molecular flexibility index (Phi) is 5.44. The zero-order valence-electron chi connectivity index (χ0n) is 15.6. The summed E-state index contributed by atoms with van der Waals surface area (Å²) in [6.45, 7) is 5.14. The molecule has 0 fully saturated rings. The fourth-order valence-electron chi connectivity index (χ4n) is 2.13. The largest absolute Gasteiger partial charge is 0.459 e. The van der Waals surface area contributed by atoms with Crippen LogP contribution in [0.2, 0.25) is 0 Å². The van der Waals surface area contributed by atoms with Gasteiger partial charge in [0, 0.05) is 5.69 Å². The SMILES string of the molecule is CC(C)(C)OC(=O)Nc1ccc(C(=O)OCc2nnc(-c3ccco3)o2)cc1. The molecule has 0 aliphatic rings. The molecule has 0 radical (unpaired) electrons. The van der Waals surface area contributed by atoms with Crippen molar-refractivity contribution in [2.45, 2.75) is 33.0 Å². The van der Waals surface area contributed by atoms with Crippen molar-refractivity contribution < 1.29 is 27.9 Å². The molecule has 0 spiro atoms. The number of nitrogens with zero attached hydrogens (tertiary/aromatic N) is 2. The van der Waals surface area contributed by atoms with Gasteiger partial charge in [-0.05, 0) is 57.2 Å². The van der Waals surface area contributed by atoms with Crippen LogP contribution in [0.4, 0.5) is 10.5 Å². The molecule has 0 saturated heterocycles. The van der Waals surface area contributed by atoms with Gasteiger partial charge in [0.15, 0.2) is 12.4 Å². The van der Waals surface area contributed by atoms with Crippen molar-refractivity contribution in [2.75, 3.05) is 5.32 Å². The Bertz CT molecular complexity index is 939. The lowest BCUT2D eigenvalue weighted by atomic mass is 10.2. The van der Waals surface area contributed by atoms with E-state index in [1.807, 2.05) is 0 Å².